The van der Waals surface area contributed by atoms with E-state index >= 15 is 0 Å². The number of rotatable bonds is 4. The third kappa shape index (κ3) is 3.96. The Hall–Kier alpha value is -2.46. The molecule has 2 aromatic rings. The number of benzene rings is 1. The number of hydrogen-bond donors (Lipinski definition) is 1. The molecule has 0 bridgehead atoms. The predicted octanol–water partition coefficient (Wildman–Crippen LogP) is 4.08. The van der Waals surface area contributed by atoms with Crippen molar-refractivity contribution >= 4 is 29.2 Å². The zero-order chi connectivity index (χ0) is 19.6. The average Bonchev–Trinajstić information content (AvgIpc) is 2.69. The maximum Gasteiger partial charge on any atom is 0.270 e. The third-order valence-corrected chi connectivity index (χ3v) is 6.60. The molecule has 0 radical (unpaired) electrons. The summed E-state index contributed by atoms with van der Waals surface area (Å²) in [6, 6.07) is 7.15. The van der Waals surface area contributed by atoms with Crippen LogP contribution >= 0.6 is 11.8 Å². The number of hydrogen-bond acceptors (Lipinski definition) is 5. The van der Waals surface area contributed by atoms with Crippen LogP contribution in [-0.4, -0.2) is 22.6 Å². The second-order valence-corrected chi connectivity index (χ2v) is 8.44. The van der Waals surface area contributed by atoms with Crippen LogP contribution in [0.5, 0.6) is 0 Å². The Morgan fingerprint density at radius 1 is 1.37 bits per heavy atom. The number of anilines is 2. The highest BCUT2D eigenvalue weighted by Crippen LogP contribution is 2.36. The molecular weight excluding hydrogens is 358 g/mol. The Morgan fingerprint density at radius 3 is 2.70 bits per heavy atom. The monoisotopic (exact) mass is 383 g/mol. The molecule has 7 heteroatoms. The van der Waals surface area contributed by atoms with Gasteiger partial charge in [0, 0.05) is 25.0 Å². The molecule has 1 aliphatic heterocycles. The topological polar surface area (TPSA) is 68.5 Å². The normalized spacial score (nSPS) is 16.1. The second-order valence-electron chi connectivity index (χ2n) is 7.35. The lowest BCUT2D eigenvalue weighted by Crippen LogP contribution is -2.41. The Balaban J connectivity index is 1.88. The van der Waals surface area contributed by atoms with E-state index in [1.165, 1.54) is 11.8 Å². The molecule has 1 aliphatic rings. The first kappa shape index (κ1) is 19.3. The summed E-state index contributed by atoms with van der Waals surface area (Å²) in [5.74, 6) is 0.880. The molecule has 1 aromatic carbocycles. The van der Waals surface area contributed by atoms with Crippen molar-refractivity contribution in [2.75, 3.05) is 23.7 Å². The summed E-state index contributed by atoms with van der Waals surface area (Å²) < 4.78 is 1.59. The highest BCUT2D eigenvalue weighted by atomic mass is 32.2. The van der Waals surface area contributed by atoms with Crippen molar-refractivity contribution in [1.29, 1.82) is 0 Å². The van der Waals surface area contributed by atoms with E-state index in [1.807, 2.05) is 6.07 Å². The molecule has 0 atom stereocenters. The van der Waals surface area contributed by atoms with E-state index in [2.05, 4.69) is 28.6 Å². The maximum absolute atomic E-state index is 12.9. The third-order valence-electron chi connectivity index (χ3n) is 5.53. The molecule has 3 rings (SSSR count). The van der Waals surface area contributed by atoms with Crippen LogP contribution in [0, 0.1) is 12.0 Å². The van der Waals surface area contributed by atoms with Crippen molar-refractivity contribution in [3.63, 3.8) is 0 Å². The lowest BCUT2D eigenvalue weighted by Gasteiger charge is -2.39. The molecule has 27 heavy (non-hydrogen) atoms. The molecule has 6 nitrogen and oxygen atoms in total. The Labute approximate surface area is 164 Å². The first-order chi connectivity index (χ1) is 12.9. The molecule has 1 saturated heterocycles. The van der Waals surface area contributed by atoms with Gasteiger partial charge in [-0.3, -0.25) is 9.36 Å². The van der Waals surface area contributed by atoms with Crippen molar-refractivity contribution in [3.8, 4) is 0 Å². The Morgan fingerprint density at radius 2 is 2.07 bits per heavy atom. The molecule has 2 N–H and O–H groups in total. The van der Waals surface area contributed by atoms with Crippen molar-refractivity contribution < 1.29 is 0 Å². The number of nitrogens with zero attached hydrogens (tertiary/aromatic N) is 4. The van der Waals surface area contributed by atoms with Gasteiger partial charge in [-0.2, -0.15) is 4.98 Å². The van der Waals surface area contributed by atoms with Crippen LogP contribution in [0.3, 0.4) is 0 Å². The number of nitrogens with two attached hydrogens (primary N) is 1. The van der Waals surface area contributed by atoms with E-state index in [4.69, 9.17) is 12.3 Å². The minimum absolute atomic E-state index is 0.153. The van der Waals surface area contributed by atoms with Gasteiger partial charge < -0.3 is 10.6 Å². The van der Waals surface area contributed by atoms with Gasteiger partial charge in [0.1, 0.15) is 10.7 Å². The van der Waals surface area contributed by atoms with Crippen LogP contribution in [0.2, 0.25) is 0 Å². The summed E-state index contributed by atoms with van der Waals surface area (Å²) in [7, 11) is 1.75. The lowest BCUT2D eigenvalue weighted by molar-refractivity contribution is 0.236. The quantitative estimate of drug-likeness (QED) is 0.806. The fraction of sp³-hybridized carbons (Fsp3) is 0.450. The molecule has 1 aromatic heterocycles. The van der Waals surface area contributed by atoms with Gasteiger partial charge in [0.25, 0.3) is 5.56 Å². The summed E-state index contributed by atoms with van der Waals surface area (Å²) in [5.41, 5.74) is 6.91. The van der Waals surface area contributed by atoms with Crippen molar-refractivity contribution in [1.82, 2.24) is 9.55 Å². The summed E-state index contributed by atoms with van der Waals surface area (Å²) in [6.45, 7) is 13.4. The maximum atomic E-state index is 12.9. The van der Waals surface area contributed by atoms with Crippen molar-refractivity contribution in [2.24, 2.45) is 12.5 Å². The van der Waals surface area contributed by atoms with Gasteiger partial charge in [-0.1, -0.05) is 50.2 Å². The van der Waals surface area contributed by atoms with Crippen LogP contribution in [0.15, 0.2) is 38.9 Å². The van der Waals surface area contributed by atoms with E-state index in [9.17, 15) is 4.79 Å². The van der Waals surface area contributed by atoms with Crippen LogP contribution < -0.4 is 16.2 Å². The average molecular weight is 384 g/mol. The van der Waals surface area contributed by atoms with Crippen LogP contribution in [-0.2, 0) is 7.05 Å². The van der Waals surface area contributed by atoms with Gasteiger partial charge >= 0.3 is 0 Å². The zero-order valence-electron chi connectivity index (χ0n) is 16.0. The van der Waals surface area contributed by atoms with Crippen molar-refractivity contribution in [3.05, 3.63) is 46.0 Å². The molecule has 0 saturated carbocycles. The summed E-state index contributed by atoms with van der Waals surface area (Å²) in [5, 5.41) is 0. The molecule has 142 valence electrons. The van der Waals surface area contributed by atoms with Crippen LogP contribution in [0.25, 0.3) is 4.85 Å². The number of aromatic nitrogens is 2. The lowest BCUT2D eigenvalue weighted by atomic mass is 9.78. The number of piperidine rings is 1. The van der Waals surface area contributed by atoms with Crippen LogP contribution in [0.1, 0.15) is 33.1 Å². The minimum atomic E-state index is -0.153. The van der Waals surface area contributed by atoms with E-state index in [-0.39, 0.29) is 11.4 Å². The summed E-state index contributed by atoms with van der Waals surface area (Å²) in [6.07, 6.45) is 3.33. The van der Waals surface area contributed by atoms with Crippen molar-refractivity contribution in [2.45, 2.75) is 42.9 Å². The first-order valence-corrected chi connectivity index (χ1v) is 9.95. The van der Waals surface area contributed by atoms with Gasteiger partial charge in [0.15, 0.2) is 5.69 Å². The largest absolute Gasteiger partial charge is 0.382 e. The van der Waals surface area contributed by atoms with E-state index < -0.39 is 0 Å². The van der Waals surface area contributed by atoms with Gasteiger partial charge in [-0.25, -0.2) is 4.85 Å². The number of nitrogen functional groups attached to an aromatic ring is 1. The molecular formula is C20H25N5OS. The molecule has 2 heterocycles. The van der Waals surface area contributed by atoms with Gasteiger partial charge in [0.2, 0.25) is 5.95 Å². The summed E-state index contributed by atoms with van der Waals surface area (Å²) >= 11 is 1.26. The van der Waals surface area contributed by atoms with E-state index in [1.54, 1.807) is 29.8 Å². The van der Waals surface area contributed by atoms with Gasteiger partial charge in [-0.15, -0.1) is 0 Å². The molecule has 0 spiro atoms. The molecule has 0 unspecified atom stereocenters. The highest BCUT2D eigenvalue weighted by molar-refractivity contribution is 7.99. The molecule has 0 amide bonds. The first-order valence-electron chi connectivity index (χ1n) is 9.14. The Kier molecular flexibility index (Phi) is 5.47. The van der Waals surface area contributed by atoms with Gasteiger partial charge in [-0.05, 0) is 24.3 Å². The second kappa shape index (κ2) is 7.65. The standard InChI is InChI=1S/C20H25N5OS/c1-5-20(2)9-11-25(12-10-20)19-23-17(21)16(18(26)24(19)4)27-15-8-6-7-14(13-15)22-3/h6-8,13H,5,9-12,21H2,1-2,4H3. The minimum Gasteiger partial charge on any atom is -0.382 e. The SMILES string of the molecule is [C-]#[N+]c1cccc(Sc2c(N)nc(N3CCC(C)(CC)CC3)n(C)c2=O)c1. The fourth-order valence-electron chi connectivity index (χ4n) is 3.30. The summed E-state index contributed by atoms with van der Waals surface area (Å²) in [4.78, 5) is 24.3. The smallest absolute Gasteiger partial charge is 0.270 e. The highest BCUT2D eigenvalue weighted by Gasteiger charge is 2.30. The van der Waals surface area contributed by atoms with Crippen LogP contribution in [0.4, 0.5) is 17.5 Å². The molecule has 1 fully saturated rings. The van der Waals surface area contributed by atoms with E-state index in [0.717, 1.165) is 37.2 Å². The van der Waals surface area contributed by atoms with Gasteiger partial charge in [0.05, 0.1) is 6.57 Å². The predicted molar refractivity (Wildman–Crippen MR) is 111 cm³/mol. The zero-order valence-corrected chi connectivity index (χ0v) is 16.8. The molecule has 0 aliphatic carbocycles. The Bertz CT molecular complexity index is 938. The van der Waals surface area contributed by atoms with E-state index in [0.29, 0.717) is 21.9 Å². The fourth-order valence-corrected chi connectivity index (χ4v) is 4.24.